The highest BCUT2D eigenvalue weighted by atomic mass is 16.2. The van der Waals surface area contributed by atoms with Crippen LogP contribution in [-0.4, -0.2) is 12.5 Å². The molecule has 0 heterocycles. The SMILES string of the molecule is CCNC(=O)C(N)c1ccc(N)cc1. The van der Waals surface area contributed by atoms with Crippen molar-refractivity contribution in [3.63, 3.8) is 0 Å². The number of hydrogen-bond donors (Lipinski definition) is 3. The maximum atomic E-state index is 11.4. The van der Waals surface area contributed by atoms with Gasteiger partial charge in [-0.05, 0) is 24.6 Å². The van der Waals surface area contributed by atoms with Crippen LogP contribution in [0, 0.1) is 0 Å². The van der Waals surface area contributed by atoms with Gasteiger partial charge in [0, 0.05) is 12.2 Å². The smallest absolute Gasteiger partial charge is 0.241 e. The number of likely N-dealkylation sites (N-methyl/N-ethyl adjacent to an activating group) is 1. The second-order valence-corrected chi connectivity index (χ2v) is 3.04. The molecule has 1 aromatic carbocycles. The standard InChI is InChI=1S/C10H15N3O/c1-2-13-10(14)9(12)7-3-5-8(11)6-4-7/h3-6,9H,2,11-12H2,1H3,(H,13,14). The van der Waals surface area contributed by atoms with Gasteiger partial charge in [0.05, 0.1) is 0 Å². The summed E-state index contributed by atoms with van der Waals surface area (Å²) in [7, 11) is 0. The van der Waals surface area contributed by atoms with Crippen LogP contribution in [0.15, 0.2) is 24.3 Å². The first-order chi connectivity index (χ1) is 6.65. The van der Waals surface area contributed by atoms with E-state index in [1.807, 2.05) is 6.92 Å². The predicted octanol–water partition coefficient (Wildman–Crippen LogP) is 0.405. The molecule has 0 aliphatic heterocycles. The molecular weight excluding hydrogens is 178 g/mol. The number of carbonyl (C=O) groups is 1. The molecule has 0 fully saturated rings. The fourth-order valence-corrected chi connectivity index (χ4v) is 1.14. The van der Waals surface area contributed by atoms with Crippen LogP contribution < -0.4 is 16.8 Å². The van der Waals surface area contributed by atoms with Crippen LogP contribution in [0.4, 0.5) is 5.69 Å². The monoisotopic (exact) mass is 193 g/mol. The van der Waals surface area contributed by atoms with Gasteiger partial charge in [-0.3, -0.25) is 4.79 Å². The number of benzene rings is 1. The lowest BCUT2D eigenvalue weighted by Crippen LogP contribution is -2.33. The Kier molecular flexibility index (Phi) is 3.48. The molecule has 1 atom stereocenters. The van der Waals surface area contributed by atoms with Gasteiger partial charge in [-0.1, -0.05) is 12.1 Å². The summed E-state index contributed by atoms with van der Waals surface area (Å²) < 4.78 is 0. The number of anilines is 1. The highest BCUT2D eigenvalue weighted by molar-refractivity contribution is 5.82. The molecule has 1 rings (SSSR count). The van der Waals surface area contributed by atoms with Crippen LogP contribution in [-0.2, 0) is 4.79 Å². The van der Waals surface area contributed by atoms with E-state index in [0.29, 0.717) is 12.2 Å². The summed E-state index contributed by atoms with van der Waals surface area (Å²) in [4.78, 5) is 11.4. The number of nitrogen functional groups attached to an aromatic ring is 1. The summed E-state index contributed by atoms with van der Waals surface area (Å²) in [6.07, 6.45) is 0. The highest BCUT2D eigenvalue weighted by Crippen LogP contribution is 2.12. The number of amides is 1. The first kappa shape index (κ1) is 10.5. The topological polar surface area (TPSA) is 81.1 Å². The molecule has 0 bridgehead atoms. The summed E-state index contributed by atoms with van der Waals surface area (Å²) >= 11 is 0. The minimum absolute atomic E-state index is 0.169. The third-order valence-corrected chi connectivity index (χ3v) is 1.93. The molecule has 0 aliphatic carbocycles. The first-order valence-electron chi connectivity index (χ1n) is 4.54. The number of nitrogens with two attached hydrogens (primary N) is 2. The van der Waals surface area contributed by atoms with Gasteiger partial charge < -0.3 is 16.8 Å². The average molecular weight is 193 g/mol. The first-order valence-corrected chi connectivity index (χ1v) is 4.54. The van der Waals surface area contributed by atoms with Gasteiger partial charge in [-0.2, -0.15) is 0 Å². The molecule has 1 unspecified atom stereocenters. The van der Waals surface area contributed by atoms with Crippen molar-refractivity contribution in [2.24, 2.45) is 5.73 Å². The fourth-order valence-electron chi connectivity index (χ4n) is 1.14. The average Bonchev–Trinajstić information content (AvgIpc) is 2.18. The predicted molar refractivity (Wildman–Crippen MR) is 56.5 cm³/mol. The zero-order chi connectivity index (χ0) is 10.6. The Morgan fingerprint density at radius 1 is 1.43 bits per heavy atom. The normalized spacial score (nSPS) is 12.1. The third-order valence-electron chi connectivity index (χ3n) is 1.93. The van der Waals surface area contributed by atoms with Crippen LogP contribution in [0.3, 0.4) is 0 Å². The molecule has 0 saturated heterocycles. The molecule has 0 saturated carbocycles. The van der Waals surface area contributed by atoms with Crippen LogP contribution in [0.1, 0.15) is 18.5 Å². The van der Waals surface area contributed by atoms with E-state index in [9.17, 15) is 4.79 Å². The molecular formula is C10H15N3O. The Morgan fingerprint density at radius 2 is 2.00 bits per heavy atom. The van der Waals surface area contributed by atoms with E-state index < -0.39 is 6.04 Å². The summed E-state index contributed by atoms with van der Waals surface area (Å²) in [5, 5.41) is 2.66. The molecule has 14 heavy (non-hydrogen) atoms. The third kappa shape index (κ3) is 2.47. The Hall–Kier alpha value is -1.55. The second-order valence-electron chi connectivity index (χ2n) is 3.04. The van der Waals surface area contributed by atoms with Crippen molar-refractivity contribution in [2.75, 3.05) is 12.3 Å². The molecule has 5 N–H and O–H groups in total. The molecule has 1 amide bonds. The lowest BCUT2D eigenvalue weighted by molar-refractivity contribution is -0.122. The number of hydrogen-bond acceptors (Lipinski definition) is 3. The van der Waals surface area contributed by atoms with Crippen molar-refractivity contribution >= 4 is 11.6 Å². The van der Waals surface area contributed by atoms with Gasteiger partial charge in [0.25, 0.3) is 0 Å². The molecule has 0 spiro atoms. The van der Waals surface area contributed by atoms with Crippen molar-refractivity contribution < 1.29 is 4.79 Å². The van der Waals surface area contributed by atoms with Crippen molar-refractivity contribution in [2.45, 2.75) is 13.0 Å². The summed E-state index contributed by atoms with van der Waals surface area (Å²) in [5.74, 6) is -0.169. The van der Waals surface area contributed by atoms with Crippen LogP contribution in [0.25, 0.3) is 0 Å². The van der Waals surface area contributed by atoms with Gasteiger partial charge in [0.15, 0.2) is 0 Å². The lowest BCUT2D eigenvalue weighted by Gasteiger charge is -2.11. The minimum Gasteiger partial charge on any atom is -0.399 e. The zero-order valence-electron chi connectivity index (χ0n) is 8.16. The van der Waals surface area contributed by atoms with Gasteiger partial charge in [-0.25, -0.2) is 0 Å². The molecule has 1 aromatic rings. The molecule has 4 nitrogen and oxygen atoms in total. The van der Waals surface area contributed by atoms with E-state index in [1.54, 1.807) is 24.3 Å². The number of rotatable bonds is 3. The molecule has 0 aliphatic rings. The van der Waals surface area contributed by atoms with Gasteiger partial charge in [0.2, 0.25) is 5.91 Å². The van der Waals surface area contributed by atoms with E-state index in [-0.39, 0.29) is 5.91 Å². The summed E-state index contributed by atoms with van der Waals surface area (Å²) in [6.45, 7) is 2.44. The van der Waals surface area contributed by atoms with E-state index in [1.165, 1.54) is 0 Å². The van der Waals surface area contributed by atoms with Crippen LogP contribution >= 0.6 is 0 Å². The van der Waals surface area contributed by atoms with Gasteiger partial charge >= 0.3 is 0 Å². The maximum Gasteiger partial charge on any atom is 0.241 e. The fraction of sp³-hybridized carbons (Fsp3) is 0.300. The quantitative estimate of drug-likeness (QED) is 0.608. The van der Waals surface area contributed by atoms with Crippen LogP contribution in [0.2, 0.25) is 0 Å². The van der Waals surface area contributed by atoms with Crippen molar-refractivity contribution in [1.29, 1.82) is 0 Å². The Bertz CT molecular complexity index is 308. The Labute approximate surface area is 83.3 Å². The van der Waals surface area contributed by atoms with E-state index in [2.05, 4.69) is 5.32 Å². The molecule has 0 radical (unpaired) electrons. The van der Waals surface area contributed by atoms with Crippen molar-refractivity contribution in [3.8, 4) is 0 Å². The Balaban J connectivity index is 2.73. The Morgan fingerprint density at radius 3 is 2.50 bits per heavy atom. The lowest BCUT2D eigenvalue weighted by atomic mass is 10.1. The summed E-state index contributed by atoms with van der Waals surface area (Å²) in [6, 6.07) is 6.36. The number of carbonyl (C=O) groups excluding carboxylic acids is 1. The largest absolute Gasteiger partial charge is 0.399 e. The molecule has 76 valence electrons. The second kappa shape index (κ2) is 4.62. The number of nitrogens with one attached hydrogen (secondary N) is 1. The minimum atomic E-state index is -0.615. The molecule has 0 aromatic heterocycles. The highest BCUT2D eigenvalue weighted by Gasteiger charge is 2.13. The van der Waals surface area contributed by atoms with Gasteiger partial charge in [0.1, 0.15) is 6.04 Å². The van der Waals surface area contributed by atoms with Crippen molar-refractivity contribution in [1.82, 2.24) is 5.32 Å². The zero-order valence-corrected chi connectivity index (χ0v) is 8.16. The van der Waals surface area contributed by atoms with E-state index >= 15 is 0 Å². The summed E-state index contributed by atoms with van der Waals surface area (Å²) in [5.41, 5.74) is 12.7. The molecule has 4 heteroatoms. The van der Waals surface area contributed by atoms with E-state index in [0.717, 1.165) is 5.56 Å². The van der Waals surface area contributed by atoms with Crippen LogP contribution in [0.5, 0.6) is 0 Å². The van der Waals surface area contributed by atoms with E-state index in [4.69, 9.17) is 11.5 Å². The van der Waals surface area contributed by atoms with Crippen molar-refractivity contribution in [3.05, 3.63) is 29.8 Å². The maximum absolute atomic E-state index is 11.4. The van der Waals surface area contributed by atoms with Gasteiger partial charge in [-0.15, -0.1) is 0 Å².